The van der Waals surface area contributed by atoms with Crippen LogP contribution in [0.2, 0.25) is 0 Å². The molecule has 0 aliphatic carbocycles. The van der Waals surface area contributed by atoms with Gasteiger partial charge >= 0.3 is 18.5 Å². The van der Waals surface area contributed by atoms with Crippen molar-refractivity contribution >= 4 is 57.6 Å². The number of Topliss-reactive ketones (excluding diaryl/α,β-unsaturated/α-hetero) is 2. The molecule has 120 heavy (non-hydrogen) atoms. The van der Waals surface area contributed by atoms with Crippen molar-refractivity contribution in [3.63, 3.8) is 0 Å². The minimum Gasteiger partial charge on any atom is -0.354 e. The van der Waals surface area contributed by atoms with Crippen molar-refractivity contribution in [2.24, 2.45) is 0 Å². The molecule has 6 aromatic carbocycles. The summed E-state index contributed by atoms with van der Waals surface area (Å²) in [5, 5.41) is 12.0. The molecule has 3 amide bonds. The number of anilines is 2. The molecule has 32 heteroatoms. The molecule has 0 unspecified atom stereocenters. The zero-order valence-electron chi connectivity index (χ0n) is 64.6. The lowest BCUT2D eigenvalue weighted by Gasteiger charge is -2.16. The van der Waals surface area contributed by atoms with Crippen LogP contribution >= 0.6 is 0 Å². The molecule has 9 aromatic heterocycles. The van der Waals surface area contributed by atoms with Gasteiger partial charge in [0.1, 0.15) is 34.9 Å². The van der Waals surface area contributed by atoms with E-state index < -0.39 is 47.0 Å². The molecule has 15 aromatic rings. The Hall–Kier alpha value is -15.4. The van der Waals surface area contributed by atoms with Crippen LogP contribution in [0.15, 0.2) is 227 Å². The van der Waals surface area contributed by atoms with Gasteiger partial charge < -0.3 is 34.6 Å². The molecule has 23 nitrogen and oxygen atoms in total. The third-order valence-corrected chi connectivity index (χ3v) is 18.5. The maximum Gasteiger partial charge on any atom is 0.416 e. The van der Waals surface area contributed by atoms with E-state index in [1.54, 1.807) is 165 Å². The number of rotatable bonds is 15. The van der Waals surface area contributed by atoms with Gasteiger partial charge in [0, 0.05) is 139 Å². The van der Waals surface area contributed by atoms with Crippen molar-refractivity contribution in [3.8, 4) is 52.6 Å². The second-order valence-corrected chi connectivity index (χ2v) is 27.5. The van der Waals surface area contributed by atoms with Crippen molar-refractivity contribution < 1.29 is 63.5 Å². The van der Waals surface area contributed by atoms with E-state index in [9.17, 15) is 63.5 Å². The first-order valence-corrected chi connectivity index (χ1v) is 36.4. The second kappa shape index (κ2) is 35.0. The van der Waals surface area contributed by atoms with Crippen molar-refractivity contribution in [3.05, 3.63) is 333 Å². The summed E-state index contributed by atoms with van der Waals surface area (Å²) in [7, 11) is 5.10. The van der Waals surface area contributed by atoms with E-state index in [-0.39, 0.29) is 69.8 Å². The summed E-state index contributed by atoms with van der Waals surface area (Å²) in [4.78, 5) is 93.8. The molecular weight excluding hydrogens is 1560 g/mol. The number of hydrogen-bond donors (Lipinski definition) is 3. The number of aromatic nitrogens is 14. The predicted molar refractivity (Wildman–Crippen MR) is 427 cm³/mol. The first-order chi connectivity index (χ1) is 57.3. The molecule has 0 bridgehead atoms. The first-order valence-electron chi connectivity index (χ1n) is 36.4. The number of alkyl halides is 9. The number of hydrogen-bond acceptors (Lipinski definition) is 14. The van der Waals surface area contributed by atoms with E-state index in [2.05, 4.69) is 91.5 Å². The van der Waals surface area contributed by atoms with E-state index >= 15 is 0 Å². The van der Waals surface area contributed by atoms with Gasteiger partial charge in [-0.05, 0) is 184 Å². The summed E-state index contributed by atoms with van der Waals surface area (Å²) < 4.78 is 133. The lowest BCUT2D eigenvalue weighted by Crippen LogP contribution is -2.18. The van der Waals surface area contributed by atoms with Crippen LogP contribution in [0.25, 0.3) is 34.0 Å². The van der Waals surface area contributed by atoms with E-state index in [0.717, 1.165) is 53.1 Å². The normalized spacial score (nSPS) is 11.3. The zero-order valence-corrected chi connectivity index (χ0v) is 64.6. The maximum atomic E-state index is 13.9. The third kappa shape index (κ3) is 19.8. The fourth-order valence-corrected chi connectivity index (χ4v) is 12.4. The fourth-order valence-electron chi connectivity index (χ4n) is 12.4. The van der Waals surface area contributed by atoms with E-state index in [0.29, 0.717) is 85.6 Å². The smallest absolute Gasteiger partial charge is 0.354 e. The van der Waals surface area contributed by atoms with Gasteiger partial charge in [-0.25, -0.2) is 34.4 Å². The topological polar surface area (TPSA) is 256 Å². The summed E-state index contributed by atoms with van der Waals surface area (Å²) in [6, 6.07) is 32.5. The van der Waals surface area contributed by atoms with Crippen LogP contribution in [0.3, 0.4) is 0 Å². The van der Waals surface area contributed by atoms with E-state index in [4.69, 9.17) is 0 Å². The van der Waals surface area contributed by atoms with Crippen molar-refractivity contribution in [2.75, 3.05) is 31.8 Å². The third-order valence-electron chi connectivity index (χ3n) is 18.5. The maximum absolute atomic E-state index is 13.9. The minimum atomic E-state index is -4.71. The molecule has 0 aliphatic heterocycles. The average molecular weight is 1630 g/mol. The number of pyridine rings is 1. The van der Waals surface area contributed by atoms with Gasteiger partial charge in [-0.3, -0.25) is 37.8 Å². The molecular formula is C88H67F9N18O5. The molecule has 602 valence electrons. The van der Waals surface area contributed by atoms with Crippen LogP contribution in [0.1, 0.15) is 133 Å². The van der Waals surface area contributed by atoms with Gasteiger partial charge in [0.15, 0.2) is 28.5 Å². The number of nitrogens with one attached hydrogen (secondary N) is 3. The molecule has 0 radical (unpaired) electrons. The molecule has 9 heterocycles. The van der Waals surface area contributed by atoms with Crippen LogP contribution in [0.4, 0.5) is 50.9 Å². The lowest BCUT2D eigenvalue weighted by atomic mass is 9.97. The number of amides is 3. The number of imidazole rings is 6. The Labute approximate surface area is 678 Å². The number of ketones is 2. The number of benzene rings is 6. The quantitative estimate of drug-likeness (QED) is 0.0490. The van der Waals surface area contributed by atoms with Gasteiger partial charge in [-0.1, -0.05) is 48.1 Å². The number of carbonyl (C=O) groups excluding carboxylic acids is 5. The van der Waals surface area contributed by atoms with Crippen LogP contribution in [0, 0.1) is 56.3 Å². The van der Waals surface area contributed by atoms with Gasteiger partial charge in [0.05, 0.1) is 60.0 Å². The summed E-state index contributed by atoms with van der Waals surface area (Å²) in [5.74, 6) is 16.8. The predicted octanol–water partition coefficient (Wildman–Crippen LogP) is 15.0. The first kappa shape index (κ1) is 82.6. The molecule has 0 atom stereocenters. The largest absolute Gasteiger partial charge is 0.416 e. The highest BCUT2D eigenvalue weighted by atomic mass is 19.4. The Bertz CT molecular complexity index is 6670. The zero-order chi connectivity index (χ0) is 85.3. The highest BCUT2D eigenvalue weighted by Crippen LogP contribution is 2.36. The molecule has 0 saturated carbocycles. The number of aryl methyl sites for hydroxylation is 3. The number of carbonyl (C=O) groups is 5. The average Bonchev–Trinajstić information content (AvgIpc) is 1.53. The van der Waals surface area contributed by atoms with E-state index in [1.807, 2.05) is 45.8 Å². The van der Waals surface area contributed by atoms with Crippen LogP contribution < -0.4 is 16.0 Å². The van der Waals surface area contributed by atoms with Gasteiger partial charge in [0.2, 0.25) is 5.91 Å². The minimum absolute atomic E-state index is 0.0137. The molecule has 3 N–H and O–H groups in total. The molecule has 0 aliphatic rings. The highest BCUT2D eigenvalue weighted by Gasteiger charge is 2.35. The lowest BCUT2D eigenvalue weighted by molar-refractivity contribution is -0.138. The Balaban J connectivity index is 0.000000156. The van der Waals surface area contributed by atoms with Crippen LogP contribution in [-0.2, 0) is 42.7 Å². The summed E-state index contributed by atoms with van der Waals surface area (Å²) in [6.45, 7) is 7.42. The Morgan fingerprint density at radius 3 is 1.68 bits per heavy atom. The Morgan fingerprint density at radius 2 is 1.05 bits per heavy atom. The van der Waals surface area contributed by atoms with Crippen LogP contribution in [0.5, 0.6) is 0 Å². The fraction of sp³-hybridized carbons (Fsp3) is 0.148. The standard InChI is InChI=1S/C33H29F3N6O2.C28H20F3N7O2.C27H18F3N5O/c1-21-7-8-25(17-24(21)9-10-27-19-38-32-29(39-22(2)43)6-5-12-42(27)32)30(44)16-23-14-26(33(34,35)36)18-28(15-23)41-13-11-37-31(41)20-40(3)4;1-17-3-5-21(10-18(17)4-6-22-13-34-25-14-33-7-8-38(22)25)36-26(39)19-9-20(28(29,30)31)12-23(11-19)37-15-24(35-16-37)27(40)32-2;1-18-4-5-21(14-20(18)6-7-23-16-32-26-3-2-8-33-35(23)26)25(36)13-19-11-22(27(28,29)30)15-24(12-19)34-10-9-31-17-34/h5-8,11-15,17-19H,16,20H2,1-4H3,(H,39,43);3,5,7-16H,1-2H3,(H,32,40)(H,36,39);2-5,8-12,14-17H,13H2,1H3. The Kier molecular flexibility index (Phi) is 24.1. The number of halogens is 9. The summed E-state index contributed by atoms with van der Waals surface area (Å²) in [5.41, 5.74) is 7.81. The Morgan fingerprint density at radius 1 is 0.475 bits per heavy atom. The molecule has 0 saturated heterocycles. The van der Waals surface area contributed by atoms with Gasteiger partial charge in [-0.2, -0.15) is 44.6 Å². The summed E-state index contributed by atoms with van der Waals surface area (Å²) in [6.07, 6.45) is 8.98. The second-order valence-electron chi connectivity index (χ2n) is 27.5. The van der Waals surface area contributed by atoms with Crippen molar-refractivity contribution in [1.82, 2.24) is 77.2 Å². The van der Waals surface area contributed by atoms with Gasteiger partial charge in [0.25, 0.3) is 11.8 Å². The molecule has 0 fully saturated rings. The molecule has 0 spiro atoms. The SMILES string of the molecule is CC(=O)Nc1cccn2c(C#Cc3cc(C(=O)Cc4cc(-n5ccnc5CN(C)C)cc(C(F)(F)F)c4)ccc3C)cnc12.CNC(=O)c1cn(-c2cc(C(=O)Nc3ccc(C)c(C#Cc4cnc5cnccn45)c3)cc(C(F)(F)F)c2)cn1.Cc1ccc(C(=O)Cc2cc(-n3ccnc3)cc(C(F)(F)F)c2)cc1C#Cc1cnc2cccnn12. The van der Waals surface area contributed by atoms with Gasteiger partial charge in [-0.15, -0.1) is 0 Å². The molecule has 15 rings (SSSR count). The highest BCUT2D eigenvalue weighted by molar-refractivity contribution is 6.05. The number of nitrogens with zero attached hydrogens (tertiary/aromatic N) is 15. The number of fused-ring (bicyclic) bond motifs is 3. The summed E-state index contributed by atoms with van der Waals surface area (Å²) >= 11 is 0. The van der Waals surface area contributed by atoms with Crippen molar-refractivity contribution in [2.45, 2.75) is 65.6 Å². The monoisotopic (exact) mass is 1630 g/mol. The van der Waals surface area contributed by atoms with E-state index in [1.165, 1.54) is 60.4 Å². The van der Waals surface area contributed by atoms with Crippen LogP contribution in [-0.4, -0.2) is 122 Å². The van der Waals surface area contributed by atoms with Crippen molar-refractivity contribution in [1.29, 1.82) is 0 Å².